The van der Waals surface area contributed by atoms with Crippen LogP contribution in [0.1, 0.15) is 97.3 Å². The quantitative estimate of drug-likeness (QED) is 0.283. The van der Waals surface area contributed by atoms with E-state index >= 15 is 0 Å². The molecule has 0 aliphatic heterocycles. The third kappa shape index (κ3) is 18.1. The summed E-state index contributed by atoms with van der Waals surface area (Å²) in [4.78, 5) is 0. The Bertz CT molecular complexity index is 341. The second-order valence-corrected chi connectivity index (χ2v) is 8.06. The van der Waals surface area contributed by atoms with Gasteiger partial charge in [0.15, 0.2) is 0 Å². The Morgan fingerprint density at radius 2 is 1.26 bits per heavy atom. The Morgan fingerprint density at radius 1 is 0.783 bits per heavy atom. The summed E-state index contributed by atoms with van der Waals surface area (Å²) in [7, 11) is -3.95. The summed E-state index contributed by atoms with van der Waals surface area (Å²) in [5.74, 6) is -0.270. The van der Waals surface area contributed by atoms with Gasteiger partial charge in [-0.25, -0.2) is 0 Å². The van der Waals surface area contributed by atoms with Crippen molar-refractivity contribution in [2.24, 2.45) is 0 Å². The van der Waals surface area contributed by atoms with Gasteiger partial charge in [0, 0.05) is 6.61 Å². The lowest BCUT2D eigenvalue weighted by molar-refractivity contribution is 0.0576. The lowest BCUT2D eigenvalue weighted by Crippen LogP contribution is -2.24. The van der Waals surface area contributed by atoms with Crippen LogP contribution in [0.5, 0.6) is 0 Å². The van der Waals surface area contributed by atoms with Gasteiger partial charge in [0.25, 0.3) is 10.1 Å². The van der Waals surface area contributed by atoms with Crippen molar-refractivity contribution in [1.82, 2.24) is 0 Å². The molecule has 0 aromatic carbocycles. The van der Waals surface area contributed by atoms with Gasteiger partial charge in [0.1, 0.15) is 5.75 Å². The van der Waals surface area contributed by atoms with Crippen LogP contribution in [0.25, 0.3) is 0 Å². The number of unbranched alkanes of at least 4 members (excludes halogenated alkanes) is 10. The number of hydrogen-bond donors (Lipinski definition) is 1. The summed E-state index contributed by atoms with van der Waals surface area (Å²) in [5, 5.41) is 0. The Hall–Kier alpha value is -0.130. The Labute approximate surface area is 144 Å². The van der Waals surface area contributed by atoms with Gasteiger partial charge in [-0.1, -0.05) is 84.5 Å². The molecule has 140 valence electrons. The minimum Gasteiger partial charge on any atom is -0.377 e. The Morgan fingerprint density at radius 3 is 1.74 bits per heavy atom. The van der Waals surface area contributed by atoms with E-state index in [0.29, 0.717) is 6.61 Å². The summed E-state index contributed by atoms with van der Waals surface area (Å²) in [6.45, 7) is 4.89. The summed E-state index contributed by atoms with van der Waals surface area (Å²) in [6.07, 6.45) is 14.9. The molecule has 0 amide bonds. The molecule has 1 atom stereocenters. The predicted octanol–water partition coefficient (Wildman–Crippen LogP) is 5.37. The number of ether oxygens (including phenoxy) is 1. The van der Waals surface area contributed by atoms with Gasteiger partial charge in [-0.2, -0.15) is 8.42 Å². The maximum Gasteiger partial charge on any atom is 0.267 e. The molecule has 0 heterocycles. The molecule has 0 radical (unpaired) electrons. The first kappa shape index (κ1) is 22.9. The minimum absolute atomic E-state index is 0.270. The molecular weight excluding hydrogens is 312 g/mol. The van der Waals surface area contributed by atoms with Crippen molar-refractivity contribution in [3.8, 4) is 0 Å². The molecule has 0 aliphatic rings. The van der Waals surface area contributed by atoms with E-state index in [1.54, 1.807) is 0 Å². The lowest BCUT2D eigenvalue weighted by atomic mass is 10.0. The SMILES string of the molecule is CCCCCCCCCCCCC(CS(=O)(=O)O)OCCCC. The van der Waals surface area contributed by atoms with Gasteiger partial charge in [0.05, 0.1) is 6.10 Å². The summed E-state index contributed by atoms with van der Waals surface area (Å²) < 4.78 is 36.7. The molecule has 0 fully saturated rings. The third-order valence-corrected chi connectivity index (χ3v) is 4.92. The first-order valence-electron chi connectivity index (χ1n) is 9.56. The largest absolute Gasteiger partial charge is 0.377 e. The van der Waals surface area contributed by atoms with E-state index in [1.165, 1.54) is 51.4 Å². The zero-order chi connectivity index (χ0) is 17.4. The van der Waals surface area contributed by atoms with E-state index in [9.17, 15) is 8.42 Å². The van der Waals surface area contributed by atoms with E-state index in [4.69, 9.17) is 9.29 Å². The van der Waals surface area contributed by atoms with Crippen molar-refractivity contribution in [1.29, 1.82) is 0 Å². The molecule has 23 heavy (non-hydrogen) atoms. The molecule has 5 heteroatoms. The molecule has 0 aliphatic carbocycles. The first-order chi connectivity index (χ1) is 11.0. The fraction of sp³-hybridized carbons (Fsp3) is 1.00. The summed E-state index contributed by atoms with van der Waals surface area (Å²) >= 11 is 0. The highest BCUT2D eigenvalue weighted by Crippen LogP contribution is 2.14. The van der Waals surface area contributed by atoms with Crippen LogP contribution < -0.4 is 0 Å². The second kappa shape index (κ2) is 15.4. The average Bonchev–Trinajstić information content (AvgIpc) is 2.47. The van der Waals surface area contributed by atoms with E-state index < -0.39 is 10.1 Å². The molecule has 0 aromatic rings. The fourth-order valence-corrected chi connectivity index (χ4v) is 3.44. The third-order valence-electron chi connectivity index (χ3n) is 4.13. The van der Waals surface area contributed by atoms with Crippen LogP contribution in [0, 0.1) is 0 Å². The highest BCUT2D eigenvalue weighted by Gasteiger charge is 2.17. The van der Waals surface area contributed by atoms with Crippen molar-refractivity contribution < 1.29 is 17.7 Å². The monoisotopic (exact) mass is 350 g/mol. The second-order valence-electron chi connectivity index (χ2n) is 6.57. The molecular formula is C18H38O4S. The normalized spacial score (nSPS) is 13.3. The standard InChI is InChI=1S/C18H38O4S/c1-3-5-7-8-9-10-11-12-13-14-15-18(17-23(19,20)21)22-16-6-4-2/h18H,3-17H2,1-2H3,(H,19,20,21). The minimum atomic E-state index is -3.95. The van der Waals surface area contributed by atoms with Crippen LogP contribution >= 0.6 is 0 Å². The first-order valence-corrected chi connectivity index (χ1v) is 11.2. The van der Waals surface area contributed by atoms with Gasteiger partial charge < -0.3 is 4.74 Å². The highest BCUT2D eigenvalue weighted by molar-refractivity contribution is 7.85. The Balaban J connectivity index is 3.65. The van der Waals surface area contributed by atoms with Crippen molar-refractivity contribution in [2.75, 3.05) is 12.4 Å². The van der Waals surface area contributed by atoms with E-state index in [2.05, 4.69) is 13.8 Å². The zero-order valence-corrected chi connectivity index (χ0v) is 16.1. The van der Waals surface area contributed by atoms with Crippen molar-refractivity contribution >= 4 is 10.1 Å². The van der Waals surface area contributed by atoms with E-state index in [-0.39, 0.29) is 11.9 Å². The van der Waals surface area contributed by atoms with Crippen LogP contribution in [0.15, 0.2) is 0 Å². The smallest absolute Gasteiger partial charge is 0.267 e. The molecule has 1 N–H and O–H groups in total. The van der Waals surface area contributed by atoms with Gasteiger partial charge in [-0.05, 0) is 12.8 Å². The number of hydrogen-bond acceptors (Lipinski definition) is 3. The molecule has 0 aromatic heterocycles. The molecule has 1 unspecified atom stereocenters. The fourth-order valence-electron chi connectivity index (χ4n) is 2.70. The molecule has 4 nitrogen and oxygen atoms in total. The topological polar surface area (TPSA) is 63.6 Å². The highest BCUT2D eigenvalue weighted by atomic mass is 32.2. The van der Waals surface area contributed by atoms with E-state index in [1.807, 2.05) is 0 Å². The van der Waals surface area contributed by atoms with Gasteiger partial charge >= 0.3 is 0 Å². The zero-order valence-electron chi connectivity index (χ0n) is 15.3. The van der Waals surface area contributed by atoms with Crippen molar-refractivity contribution in [2.45, 2.75) is 103 Å². The number of rotatable bonds is 17. The summed E-state index contributed by atoms with van der Waals surface area (Å²) in [6, 6.07) is 0. The lowest BCUT2D eigenvalue weighted by Gasteiger charge is -2.16. The van der Waals surface area contributed by atoms with Gasteiger partial charge in [-0.3, -0.25) is 4.55 Å². The van der Waals surface area contributed by atoms with Crippen molar-refractivity contribution in [3.05, 3.63) is 0 Å². The van der Waals surface area contributed by atoms with E-state index in [0.717, 1.165) is 32.1 Å². The summed E-state index contributed by atoms with van der Waals surface area (Å²) in [5.41, 5.74) is 0. The predicted molar refractivity (Wildman–Crippen MR) is 97.5 cm³/mol. The maximum absolute atomic E-state index is 11.0. The van der Waals surface area contributed by atoms with Crippen LogP contribution in [0.4, 0.5) is 0 Å². The maximum atomic E-state index is 11.0. The van der Waals surface area contributed by atoms with Crippen LogP contribution in [-0.4, -0.2) is 31.4 Å². The van der Waals surface area contributed by atoms with Crippen LogP contribution in [0.2, 0.25) is 0 Å². The molecule has 0 bridgehead atoms. The van der Waals surface area contributed by atoms with Crippen molar-refractivity contribution in [3.63, 3.8) is 0 Å². The van der Waals surface area contributed by atoms with Gasteiger partial charge in [0.2, 0.25) is 0 Å². The Kier molecular flexibility index (Phi) is 15.3. The van der Waals surface area contributed by atoms with Gasteiger partial charge in [-0.15, -0.1) is 0 Å². The molecule has 0 spiro atoms. The molecule has 0 rings (SSSR count). The molecule has 0 saturated heterocycles. The molecule has 0 saturated carbocycles. The van der Waals surface area contributed by atoms with Crippen LogP contribution in [-0.2, 0) is 14.9 Å². The average molecular weight is 351 g/mol. The van der Waals surface area contributed by atoms with Crippen LogP contribution in [0.3, 0.4) is 0 Å².